The van der Waals surface area contributed by atoms with Gasteiger partial charge in [-0.2, -0.15) is 0 Å². The molecule has 0 bridgehead atoms. The number of nitrogens with zero attached hydrogens (tertiary/aromatic N) is 1. The zero-order valence-corrected chi connectivity index (χ0v) is 51.5. The number of hydrogen-bond donors (Lipinski definition) is 0. The number of allylic oxidation sites excluding steroid dienone is 8. The Labute approximate surface area is 464 Å². The van der Waals surface area contributed by atoms with Crippen molar-refractivity contribution in [1.29, 1.82) is 0 Å². The summed E-state index contributed by atoms with van der Waals surface area (Å²) in [6.45, 7) is 15.1. The first-order chi connectivity index (χ1) is 36.2. The zero-order valence-electron chi connectivity index (χ0n) is 51.5. The molecule has 0 rings (SSSR count). The van der Waals surface area contributed by atoms with Crippen molar-refractivity contribution in [3.63, 3.8) is 0 Å². The summed E-state index contributed by atoms with van der Waals surface area (Å²) in [5, 5.41) is 0. The first-order valence-corrected chi connectivity index (χ1v) is 34.7. The fourth-order valence-electron chi connectivity index (χ4n) is 11.4. The Morgan fingerprint density at radius 2 is 0.274 bits per heavy atom. The lowest BCUT2D eigenvalue weighted by Gasteiger charge is -2.40. The minimum absolute atomic E-state index is 1.30. The Morgan fingerprint density at radius 3 is 0.425 bits per heavy atom. The van der Waals surface area contributed by atoms with Gasteiger partial charge < -0.3 is 4.48 Å². The fraction of sp³-hybridized carbons (Fsp3) is 0.889. The smallest absolute Gasteiger partial charge is 0.0786 e. The van der Waals surface area contributed by atoms with E-state index in [0.29, 0.717) is 0 Å². The highest BCUT2D eigenvalue weighted by Crippen LogP contribution is 2.22. The van der Waals surface area contributed by atoms with E-state index >= 15 is 0 Å². The highest BCUT2D eigenvalue weighted by molar-refractivity contribution is 4.83. The molecule has 0 fully saturated rings. The van der Waals surface area contributed by atoms with E-state index in [4.69, 9.17) is 0 Å². The van der Waals surface area contributed by atoms with E-state index in [1.807, 2.05) is 0 Å². The highest BCUT2D eigenvalue weighted by atomic mass is 15.3. The Balaban J connectivity index is 5.09. The van der Waals surface area contributed by atoms with Crippen LogP contribution in [0.3, 0.4) is 0 Å². The molecule has 0 aromatic rings. The van der Waals surface area contributed by atoms with Crippen molar-refractivity contribution in [3.8, 4) is 0 Å². The van der Waals surface area contributed by atoms with Gasteiger partial charge in [-0.15, -0.1) is 0 Å². The Morgan fingerprint density at radius 1 is 0.151 bits per heavy atom. The van der Waals surface area contributed by atoms with Crippen molar-refractivity contribution in [2.24, 2.45) is 0 Å². The Hall–Kier alpha value is -1.08. The summed E-state index contributed by atoms with van der Waals surface area (Å²) in [6, 6.07) is 0. The number of hydrogen-bond acceptors (Lipinski definition) is 0. The molecule has 1 heteroatoms. The van der Waals surface area contributed by atoms with Crippen LogP contribution in [0.25, 0.3) is 0 Å². The molecule has 0 aliphatic heterocycles. The molecule has 0 aromatic carbocycles. The third-order valence-electron chi connectivity index (χ3n) is 16.6. The van der Waals surface area contributed by atoms with Crippen LogP contribution in [0, 0.1) is 0 Å². The average Bonchev–Trinajstić information content (AvgIpc) is 3.40. The van der Waals surface area contributed by atoms with Gasteiger partial charge in [0.05, 0.1) is 26.2 Å². The van der Waals surface area contributed by atoms with Crippen LogP contribution in [0.4, 0.5) is 0 Å². The Kier molecular flexibility index (Phi) is 64.2. The molecular formula is C72H140N+. The summed E-state index contributed by atoms with van der Waals surface area (Å²) in [6.07, 6.45) is 98.9. The molecule has 0 aromatic heterocycles. The number of rotatable bonds is 64. The van der Waals surface area contributed by atoms with E-state index in [1.54, 1.807) is 0 Å². The summed E-state index contributed by atoms with van der Waals surface area (Å²) < 4.78 is 1.46. The number of quaternary nitrogens is 1. The molecule has 0 radical (unpaired) electrons. The minimum atomic E-state index is 1.30. The molecule has 1 nitrogen and oxygen atoms in total. The topological polar surface area (TPSA) is 0 Å². The second kappa shape index (κ2) is 65.2. The van der Waals surface area contributed by atoms with Crippen LogP contribution < -0.4 is 0 Å². The molecule has 0 aliphatic rings. The van der Waals surface area contributed by atoms with Crippen LogP contribution in [0.1, 0.15) is 387 Å². The molecule has 0 amide bonds. The zero-order chi connectivity index (χ0) is 52.6. The summed E-state index contributed by atoms with van der Waals surface area (Å²) in [7, 11) is 0. The van der Waals surface area contributed by atoms with E-state index in [0.717, 1.165) is 0 Å². The molecule has 0 saturated carbocycles. The van der Waals surface area contributed by atoms with Crippen LogP contribution in [-0.4, -0.2) is 30.7 Å². The van der Waals surface area contributed by atoms with Gasteiger partial charge in [0.25, 0.3) is 0 Å². The van der Waals surface area contributed by atoms with E-state index in [2.05, 4.69) is 76.3 Å². The van der Waals surface area contributed by atoms with Crippen molar-refractivity contribution in [1.82, 2.24) is 0 Å². The van der Waals surface area contributed by atoms with E-state index in [9.17, 15) is 0 Å². The number of unbranched alkanes of at least 4 members (excludes halogenated alkanes) is 48. The maximum Gasteiger partial charge on any atom is 0.0786 e. The highest BCUT2D eigenvalue weighted by Gasteiger charge is 2.26. The van der Waals surface area contributed by atoms with Crippen molar-refractivity contribution >= 4 is 0 Å². The lowest BCUT2D eigenvalue weighted by Crippen LogP contribution is -2.50. The van der Waals surface area contributed by atoms with E-state index in [1.165, 1.54) is 390 Å². The van der Waals surface area contributed by atoms with Gasteiger partial charge in [0.1, 0.15) is 0 Å². The van der Waals surface area contributed by atoms with Gasteiger partial charge >= 0.3 is 0 Å². The second-order valence-corrected chi connectivity index (χ2v) is 24.0. The van der Waals surface area contributed by atoms with E-state index < -0.39 is 0 Å². The molecule has 0 atom stereocenters. The molecule has 0 aliphatic carbocycles. The van der Waals surface area contributed by atoms with Crippen LogP contribution in [-0.2, 0) is 0 Å². The average molecular weight is 1020 g/mol. The second-order valence-electron chi connectivity index (χ2n) is 24.0. The molecular weight excluding hydrogens is 879 g/mol. The van der Waals surface area contributed by atoms with Gasteiger partial charge in [0.15, 0.2) is 0 Å². The first-order valence-electron chi connectivity index (χ1n) is 34.7. The summed E-state index contributed by atoms with van der Waals surface area (Å²) in [4.78, 5) is 0. The molecule has 0 spiro atoms. The summed E-state index contributed by atoms with van der Waals surface area (Å²) in [5.41, 5.74) is 0. The Bertz CT molecular complexity index is 921. The third-order valence-corrected chi connectivity index (χ3v) is 16.6. The SMILES string of the molecule is CCCCCCCC/C=C\CCCCCCCC[N+](CCCCCCCC/C=C\CCCCCCCC)(CCCCCCCC/C=C\CCCCCCCC)CCCCCCCC/C=C\CCCCCCCC. The van der Waals surface area contributed by atoms with Crippen molar-refractivity contribution in [3.05, 3.63) is 48.6 Å². The monoisotopic (exact) mass is 1020 g/mol. The maximum atomic E-state index is 2.50. The predicted molar refractivity (Wildman–Crippen MR) is 338 cm³/mol. The summed E-state index contributed by atoms with van der Waals surface area (Å²) in [5.74, 6) is 0. The van der Waals surface area contributed by atoms with Gasteiger partial charge in [0, 0.05) is 0 Å². The van der Waals surface area contributed by atoms with Gasteiger partial charge in [-0.05, 0) is 154 Å². The molecule has 432 valence electrons. The normalized spacial score (nSPS) is 12.4. The maximum absolute atomic E-state index is 2.50. The van der Waals surface area contributed by atoms with Gasteiger partial charge in [-0.1, -0.05) is 282 Å². The van der Waals surface area contributed by atoms with Crippen molar-refractivity contribution < 1.29 is 4.48 Å². The van der Waals surface area contributed by atoms with Gasteiger partial charge in [-0.25, -0.2) is 0 Å². The van der Waals surface area contributed by atoms with Crippen molar-refractivity contribution in [2.45, 2.75) is 387 Å². The van der Waals surface area contributed by atoms with Crippen LogP contribution in [0.15, 0.2) is 48.6 Å². The van der Waals surface area contributed by atoms with Crippen LogP contribution in [0.5, 0.6) is 0 Å². The standard InChI is InChI=1S/C72H140N/c1-5-9-13-17-21-25-29-33-37-41-45-49-53-57-61-65-69-73(70-66-62-58-54-50-46-42-38-34-30-26-22-18-14-10-6-2,71-67-63-59-55-51-47-43-39-35-31-27-23-19-15-11-7-3)72-68-64-60-56-52-48-44-40-36-32-28-24-20-16-12-8-4/h33-40H,5-32,41-72H2,1-4H3/q+1/b37-33-,38-34-,39-35-,40-36-. The fourth-order valence-corrected chi connectivity index (χ4v) is 11.4. The molecule has 73 heavy (non-hydrogen) atoms. The molecule has 0 unspecified atom stereocenters. The minimum Gasteiger partial charge on any atom is -0.324 e. The van der Waals surface area contributed by atoms with Crippen LogP contribution in [0.2, 0.25) is 0 Å². The summed E-state index contributed by atoms with van der Waals surface area (Å²) >= 11 is 0. The van der Waals surface area contributed by atoms with Gasteiger partial charge in [0.2, 0.25) is 0 Å². The van der Waals surface area contributed by atoms with E-state index in [-0.39, 0.29) is 0 Å². The predicted octanol–water partition coefficient (Wildman–Crippen LogP) is 26.0. The lowest BCUT2D eigenvalue weighted by molar-refractivity contribution is -0.929. The lowest BCUT2D eigenvalue weighted by atomic mass is 10.0. The van der Waals surface area contributed by atoms with Crippen molar-refractivity contribution in [2.75, 3.05) is 26.2 Å². The quantitative estimate of drug-likeness (QED) is 0.0324. The molecule has 0 N–H and O–H groups in total. The third kappa shape index (κ3) is 60.0. The van der Waals surface area contributed by atoms with Gasteiger partial charge in [-0.3, -0.25) is 0 Å². The molecule has 0 heterocycles. The molecule has 0 saturated heterocycles. The first kappa shape index (κ1) is 71.9. The largest absolute Gasteiger partial charge is 0.324 e. The van der Waals surface area contributed by atoms with Crippen LogP contribution >= 0.6 is 0 Å².